The number of hydrogen-bond donors (Lipinski definition) is 1. The molecule has 0 amide bonds. The number of nitrogens with one attached hydrogen (secondary N) is 1. The smallest absolute Gasteiger partial charge is 0.215 e. The molecule has 0 atom stereocenters. The number of aromatic amines is 1. The van der Waals surface area contributed by atoms with Crippen LogP contribution in [0.5, 0.6) is 0 Å². The number of aromatic nitrogens is 4. The molecule has 29 heavy (non-hydrogen) atoms. The lowest BCUT2D eigenvalue weighted by Crippen LogP contribution is -2.34. The molecule has 1 N–H and O–H groups in total. The van der Waals surface area contributed by atoms with Crippen LogP contribution in [0.4, 0.5) is 0 Å². The molecule has 8 nitrogen and oxygen atoms in total. The molecule has 4 aromatic rings. The molecule has 0 saturated carbocycles. The predicted octanol–water partition coefficient (Wildman–Crippen LogP) is 3.10. The molecule has 0 unspecified atom stereocenters. The minimum absolute atomic E-state index is 0.0135. The molecular formula is C20H20N6O2S. The van der Waals surface area contributed by atoms with E-state index in [-0.39, 0.29) is 25.4 Å². The van der Waals surface area contributed by atoms with Crippen LogP contribution in [0.2, 0.25) is 0 Å². The Balaban J connectivity index is 1.85. The normalized spacial score (nSPS) is 12.0. The van der Waals surface area contributed by atoms with Crippen molar-refractivity contribution in [3.8, 4) is 17.3 Å². The fourth-order valence-corrected chi connectivity index (χ4v) is 4.50. The molecule has 0 spiro atoms. The molecule has 0 bridgehead atoms. The van der Waals surface area contributed by atoms with Crippen molar-refractivity contribution < 1.29 is 8.42 Å². The lowest BCUT2D eigenvalue weighted by Gasteiger charge is -2.21. The molecule has 0 radical (unpaired) electrons. The molecule has 1 aromatic carbocycles. The van der Waals surface area contributed by atoms with Gasteiger partial charge in [-0.2, -0.15) is 9.57 Å². The maximum atomic E-state index is 12.5. The Morgan fingerprint density at radius 3 is 2.83 bits per heavy atom. The van der Waals surface area contributed by atoms with E-state index in [0.717, 1.165) is 33.2 Å². The minimum atomic E-state index is -3.45. The highest BCUT2D eigenvalue weighted by Gasteiger charge is 2.22. The Morgan fingerprint density at radius 2 is 2.03 bits per heavy atom. The molecule has 0 aliphatic rings. The first-order valence-corrected chi connectivity index (χ1v) is 10.9. The lowest BCUT2D eigenvalue weighted by atomic mass is 10.1. The third-order valence-corrected chi connectivity index (χ3v) is 6.75. The summed E-state index contributed by atoms with van der Waals surface area (Å²) in [6, 6.07) is 11.8. The summed E-state index contributed by atoms with van der Waals surface area (Å²) >= 11 is 0. The highest BCUT2D eigenvalue weighted by atomic mass is 32.2. The van der Waals surface area contributed by atoms with Gasteiger partial charge in [-0.1, -0.05) is 18.2 Å². The predicted molar refractivity (Wildman–Crippen MR) is 111 cm³/mol. The molecule has 0 aliphatic heterocycles. The van der Waals surface area contributed by atoms with Gasteiger partial charge in [0.05, 0.1) is 24.2 Å². The molecule has 148 valence electrons. The Morgan fingerprint density at radius 1 is 1.21 bits per heavy atom. The van der Waals surface area contributed by atoms with Gasteiger partial charge >= 0.3 is 0 Å². The number of rotatable bonds is 7. The van der Waals surface area contributed by atoms with Gasteiger partial charge in [0.1, 0.15) is 12.0 Å². The highest BCUT2D eigenvalue weighted by Crippen LogP contribution is 2.33. The number of hydrogen-bond acceptors (Lipinski definition) is 5. The van der Waals surface area contributed by atoms with E-state index >= 15 is 0 Å². The average Bonchev–Trinajstić information content (AvgIpc) is 3.36. The Hall–Kier alpha value is -3.22. The van der Waals surface area contributed by atoms with E-state index in [1.165, 1.54) is 10.6 Å². The van der Waals surface area contributed by atoms with Gasteiger partial charge in [-0.25, -0.2) is 18.4 Å². The Bertz CT molecular complexity index is 1320. The second-order valence-electron chi connectivity index (χ2n) is 6.62. The third kappa shape index (κ3) is 3.48. The van der Waals surface area contributed by atoms with Gasteiger partial charge in [-0.05, 0) is 19.1 Å². The first-order valence-electron chi connectivity index (χ1n) is 9.26. The van der Waals surface area contributed by atoms with E-state index in [0.29, 0.717) is 0 Å². The standard InChI is InChI=1S/C20H20N6O2S/c1-2-29(27,28)26(11-5-9-21)14-25-12-17(15-6-3-4-7-18(15)25)19-16-8-10-22-20(16)24-13-23-19/h3-4,6-8,10,12-13H,2,5,11,14H2,1H3,(H,22,23,24). The number of fused-ring (bicyclic) bond motifs is 2. The fraction of sp³-hybridized carbons (Fsp3) is 0.250. The van der Waals surface area contributed by atoms with Crippen molar-refractivity contribution in [1.29, 1.82) is 5.26 Å². The molecule has 0 fully saturated rings. The highest BCUT2D eigenvalue weighted by molar-refractivity contribution is 7.89. The molecule has 3 aromatic heterocycles. The lowest BCUT2D eigenvalue weighted by molar-refractivity contribution is 0.358. The van der Waals surface area contributed by atoms with Crippen molar-refractivity contribution in [1.82, 2.24) is 23.8 Å². The Labute approximate surface area is 168 Å². The summed E-state index contributed by atoms with van der Waals surface area (Å²) in [4.78, 5) is 11.8. The van der Waals surface area contributed by atoms with Gasteiger partial charge in [0.2, 0.25) is 10.0 Å². The Kier molecular flexibility index (Phi) is 5.05. The number of sulfonamides is 1. The summed E-state index contributed by atoms with van der Waals surface area (Å²) in [5, 5.41) is 10.8. The minimum Gasteiger partial charge on any atom is -0.346 e. The van der Waals surface area contributed by atoms with Crippen LogP contribution in [-0.4, -0.2) is 44.5 Å². The fourth-order valence-electron chi connectivity index (χ4n) is 3.46. The number of benzene rings is 1. The van der Waals surface area contributed by atoms with Crippen molar-refractivity contribution in [2.75, 3.05) is 12.3 Å². The first-order chi connectivity index (χ1) is 14.0. The van der Waals surface area contributed by atoms with Crippen molar-refractivity contribution in [2.45, 2.75) is 20.0 Å². The van der Waals surface area contributed by atoms with Crippen LogP contribution in [0, 0.1) is 11.3 Å². The van der Waals surface area contributed by atoms with Gasteiger partial charge in [-0.15, -0.1) is 0 Å². The summed E-state index contributed by atoms with van der Waals surface area (Å²) in [5.41, 5.74) is 3.34. The van der Waals surface area contributed by atoms with Crippen molar-refractivity contribution >= 4 is 32.0 Å². The topological polar surface area (TPSA) is 108 Å². The number of nitriles is 1. The van der Waals surface area contributed by atoms with Gasteiger partial charge in [-0.3, -0.25) is 0 Å². The number of H-pyrrole nitrogens is 1. The molecule has 3 heterocycles. The summed E-state index contributed by atoms with van der Waals surface area (Å²) < 4.78 is 28.3. The van der Waals surface area contributed by atoms with Crippen LogP contribution in [0.1, 0.15) is 13.3 Å². The van der Waals surface area contributed by atoms with E-state index in [1.54, 1.807) is 6.92 Å². The van der Waals surface area contributed by atoms with Gasteiger partial charge in [0.25, 0.3) is 0 Å². The average molecular weight is 408 g/mol. The molecule has 9 heteroatoms. The zero-order valence-corrected chi connectivity index (χ0v) is 16.7. The molecular weight excluding hydrogens is 388 g/mol. The molecule has 0 saturated heterocycles. The van der Waals surface area contributed by atoms with Gasteiger partial charge in [0.15, 0.2) is 0 Å². The summed E-state index contributed by atoms with van der Waals surface area (Å²) in [6.07, 6.45) is 5.39. The SMILES string of the molecule is CCS(=O)(=O)N(CCC#N)Cn1cc(-c2ncnc3[nH]ccc23)c2ccccc21. The zero-order valence-electron chi connectivity index (χ0n) is 15.9. The maximum Gasteiger partial charge on any atom is 0.215 e. The van der Waals surface area contributed by atoms with Crippen LogP contribution < -0.4 is 0 Å². The van der Waals surface area contributed by atoms with E-state index in [1.807, 2.05) is 53.4 Å². The first kappa shape index (κ1) is 19.1. The molecule has 4 rings (SSSR count). The van der Waals surface area contributed by atoms with E-state index in [4.69, 9.17) is 5.26 Å². The summed E-state index contributed by atoms with van der Waals surface area (Å²) in [5.74, 6) is -0.0135. The van der Waals surface area contributed by atoms with Crippen molar-refractivity contribution in [3.05, 3.63) is 49.1 Å². The van der Waals surface area contributed by atoms with Crippen LogP contribution in [0.3, 0.4) is 0 Å². The zero-order chi connectivity index (χ0) is 20.4. The van der Waals surface area contributed by atoms with E-state index in [2.05, 4.69) is 15.0 Å². The van der Waals surface area contributed by atoms with Crippen LogP contribution in [0.25, 0.3) is 33.2 Å². The van der Waals surface area contributed by atoms with Gasteiger partial charge < -0.3 is 9.55 Å². The quantitative estimate of drug-likeness (QED) is 0.505. The summed E-state index contributed by atoms with van der Waals surface area (Å²) in [6.45, 7) is 1.90. The van der Waals surface area contributed by atoms with Gasteiger partial charge in [0, 0.05) is 47.2 Å². The number of nitrogens with zero attached hydrogens (tertiary/aromatic N) is 5. The monoisotopic (exact) mass is 408 g/mol. The van der Waals surface area contributed by atoms with Crippen LogP contribution in [-0.2, 0) is 16.7 Å². The third-order valence-electron chi connectivity index (χ3n) is 4.94. The van der Waals surface area contributed by atoms with E-state index < -0.39 is 10.0 Å². The number of para-hydroxylation sites is 1. The second kappa shape index (κ2) is 7.66. The second-order valence-corrected chi connectivity index (χ2v) is 8.88. The van der Waals surface area contributed by atoms with E-state index in [9.17, 15) is 8.42 Å². The van der Waals surface area contributed by atoms with Crippen molar-refractivity contribution in [3.63, 3.8) is 0 Å². The molecule has 0 aliphatic carbocycles. The summed E-state index contributed by atoms with van der Waals surface area (Å²) in [7, 11) is -3.45. The largest absolute Gasteiger partial charge is 0.346 e. The maximum absolute atomic E-state index is 12.5. The van der Waals surface area contributed by atoms with Crippen LogP contribution in [0.15, 0.2) is 49.1 Å². The van der Waals surface area contributed by atoms with Crippen LogP contribution >= 0.6 is 0 Å². The van der Waals surface area contributed by atoms with Crippen molar-refractivity contribution in [2.24, 2.45) is 0 Å².